The first-order valence-electron chi connectivity index (χ1n) is 9.20. The summed E-state index contributed by atoms with van der Waals surface area (Å²) < 4.78 is 0. The quantitative estimate of drug-likeness (QED) is 0.501. The Labute approximate surface area is 174 Å². The molecule has 154 valence electrons. The maximum Gasteiger partial charge on any atom is 0.269 e. The first-order chi connectivity index (χ1) is 13.8. The van der Waals surface area contributed by atoms with Gasteiger partial charge in [0.15, 0.2) is 0 Å². The smallest absolute Gasteiger partial charge is 0.269 e. The van der Waals surface area contributed by atoms with Crippen molar-refractivity contribution in [2.24, 2.45) is 0 Å². The number of thioether (sulfide) groups is 1. The highest BCUT2D eigenvalue weighted by Crippen LogP contribution is 2.19. The molecule has 0 radical (unpaired) electrons. The lowest BCUT2D eigenvalue weighted by Crippen LogP contribution is -2.47. The fourth-order valence-corrected chi connectivity index (χ4v) is 3.69. The summed E-state index contributed by atoms with van der Waals surface area (Å²) in [7, 11) is 1.55. The number of hydrogen-bond donors (Lipinski definition) is 1. The number of nitro benzene ring substituents is 1. The van der Waals surface area contributed by atoms with Crippen LogP contribution >= 0.6 is 11.8 Å². The average molecular weight is 416 g/mol. The molecule has 29 heavy (non-hydrogen) atoms. The number of benzene rings is 2. The standard InChI is InChI=1S/C21H25N3O4S/c1-15-6-4-5-7-18(15)12-23(16(2)21(26)22-3)20(25)14-29-13-17-8-10-19(11-9-17)24(27)28/h4-11,16H,12-14H2,1-3H3,(H,22,26)/t16-/m0/s1. The van der Waals surface area contributed by atoms with E-state index >= 15 is 0 Å². The number of likely N-dealkylation sites (N-methyl/N-ethyl adjacent to an activating group) is 1. The molecule has 8 heteroatoms. The van der Waals surface area contributed by atoms with Gasteiger partial charge in [0.2, 0.25) is 11.8 Å². The van der Waals surface area contributed by atoms with Crippen LogP contribution in [0.25, 0.3) is 0 Å². The molecule has 0 saturated heterocycles. The van der Waals surface area contributed by atoms with Gasteiger partial charge < -0.3 is 10.2 Å². The number of nitrogens with zero attached hydrogens (tertiary/aromatic N) is 2. The second-order valence-corrected chi connectivity index (χ2v) is 7.64. The molecule has 0 unspecified atom stereocenters. The molecule has 0 aliphatic rings. The number of carbonyl (C=O) groups is 2. The van der Waals surface area contributed by atoms with Gasteiger partial charge in [-0.3, -0.25) is 19.7 Å². The largest absolute Gasteiger partial charge is 0.357 e. The third-order valence-electron chi connectivity index (χ3n) is 4.66. The monoisotopic (exact) mass is 415 g/mol. The second-order valence-electron chi connectivity index (χ2n) is 6.65. The predicted octanol–water partition coefficient (Wildman–Crippen LogP) is 3.30. The zero-order valence-electron chi connectivity index (χ0n) is 16.8. The van der Waals surface area contributed by atoms with Crippen molar-refractivity contribution in [2.75, 3.05) is 12.8 Å². The number of hydrogen-bond acceptors (Lipinski definition) is 5. The summed E-state index contributed by atoms with van der Waals surface area (Å²) in [6, 6.07) is 13.5. The lowest BCUT2D eigenvalue weighted by atomic mass is 10.1. The predicted molar refractivity (Wildman–Crippen MR) is 115 cm³/mol. The fourth-order valence-electron chi connectivity index (χ4n) is 2.82. The van der Waals surface area contributed by atoms with Crippen LogP contribution in [0.5, 0.6) is 0 Å². The zero-order valence-corrected chi connectivity index (χ0v) is 17.6. The number of nitro groups is 1. The Morgan fingerprint density at radius 3 is 2.41 bits per heavy atom. The normalized spacial score (nSPS) is 11.6. The summed E-state index contributed by atoms with van der Waals surface area (Å²) >= 11 is 1.42. The molecule has 2 aromatic carbocycles. The van der Waals surface area contributed by atoms with Gasteiger partial charge in [0.1, 0.15) is 6.04 Å². The van der Waals surface area contributed by atoms with Crippen LogP contribution in [-0.4, -0.2) is 40.5 Å². The van der Waals surface area contributed by atoms with Gasteiger partial charge in [-0.2, -0.15) is 0 Å². The van der Waals surface area contributed by atoms with E-state index in [-0.39, 0.29) is 23.3 Å². The van der Waals surface area contributed by atoms with Crippen molar-refractivity contribution in [2.45, 2.75) is 32.2 Å². The van der Waals surface area contributed by atoms with Gasteiger partial charge in [0.25, 0.3) is 5.69 Å². The van der Waals surface area contributed by atoms with Gasteiger partial charge in [0, 0.05) is 31.5 Å². The zero-order chi connectivity index (χ0) is 21.4. The molecular weight excluding hydrogens is 390 g/mol. The fraction of sp³-hybridized carbons (Fsp3) is 0.333. The van der Waals surface area contributed by atoms with E-state index in [1.54, 1.807) is 31.0 Å². The van der Waals surface area contributed by atoms with Crippen LogP contribution in [0, 0.1) is 17.0 Å². The Morgan fingerprint density at radius 2 is 1.83 bits per heavy atom. The number of aryl methyl sites for hydroxylation is 1. The molecule has 0 saturated carbocycles. The van der Waals surface area contributed by atoms with E-state index < -0.39 is 11.0 Å². The number of non-ortho nitro benzene ring substituents is 1. The second kappa shape index (κ2) is 10.6. The summed E-state index contributed by atoms with van der Waals surface area (Å²) in [5, 5.41) is 13.3. The highest BCUT2D eigenvalue weighted by atomic mass is 32.2. The molecule has 0 fully saturated rings. The van der Waals surface area contributed by atoms with Crippen molar-refractivity contribution >= 4 is 29.3 Å². The first kappa shape index (κ1) is 22.4. The van der Waals surface area contributed by atoms with E-state index in [1.807, 2.05) is 31.2 Å². The van der Waals surface area contributed by atoms with Crippen molar-refractivity contribution in [1.29, 1.82) is 0 Å². The van der Waals surface area contributed by atoms with Crippen LogP contribution < -0.4 is 5.32 Å². The molecular formula is C21H25N3O4S. The van der Waals surface area contributed by atoms with Gasteiger partial charge in [-0.1, -0.05) is 36.4 Å². The van der Waals surface area contributed by atoms with E-state index in [9.17, 15) is 19.7 Å². The molecule has 2 amide bonds. The first-order valence-corrected chi connectivity index (χ1v) is 10.4. The number of rotatable bonds is 9. The highest BCUT2D eigenvalue weighted by molar-refractivity contribution is 7.99. The minimum Gasteiger partial charge on any atom is -0.357 e. The topological polar surface area (TPSA) is 92.6 Å². The minimum atomic E-state index is -0.591. The van der Waals surface area contributed by atoms with Crippen molar-refractivity contribution in [3.05, 3.63) is 75.3 Å². The highest BCUT2D eigenvalue weighted by Gasteiger charge is 2.25. The molecule has 0 aliphatic heterocycles. The van der Waals surface area contributed by atoms with Crippen LogP contribution in [0.2, 0.25) is 0 Å². The molecule has 1 atom stereocenters. The van der Waals surface area contributed by atoms with Crippen LogP contribution in [0.1, 0.15) is 23.6 Å². The Balaban J connectivity index is 2.03. The lowest BCUT2D eigenvalue weighted by Gasteiger charge is -2.29. The molecule has 7 nitrogen and oxygen atoms in total. The van der Waals surface area contributed by atoms with E-state index in [2.05, 4.69) is 5.32 Å². The molecule has 0 spiro atoms. The van der Waals surface area contributed by atoms with Crippen LogP contribution in [0.4, 0.5) is 5.69 Å². The van der Waals surface area contributed by atoms with Gasteiger partial charge in [-0.25, -0.2) is 0 Å². The van der Waals surface area contributed by atoms with Gasteiger partial charge in [0.05, 0.1) is 10.7 Å². The number of nitrogens with one attached hydrogen (secondary N) is 1. The van der Waals surface area contributed by atoms with Crippen molar-refractivity contribution < 1.29 is 14.5 Å². The van der Waals surface area contributed by atoms with Gasteiger partial charge >= 0.3 is 0 Å². The lowest BCUT2D eigenvalue weighted by molar-refractivity contribution is -0.384. The van der Waals surface area contributed by atoms with Crippen molar-refractivity contribution in [3.8, 4) is 0 Å². The number of carbonyl (C=O) groups excluding carboxylic acids is 2. The maximum atomic E-state index is 12.9. The third kappa shape index (κ3) is 6.32. The van der Waals surface area contributed by atoms with Crippen LogP contribution in [0.15, 0.2) is 48.5 Å². The molecule has 0 aromatic heterocycles. The maximum absolute atomic E-state index is 12.9. The summed E-state index contributed by atoms with van der Waals surface area (Å²) in [4.78, 5) is 36.9. The molecule has 2 aromatic rings. The van der Waals surface area contributed by atoms with E-state index in [0.29, 0.717) is 12.3 Å². The minimum absolute atomic E-state index is 0.0404. The Morgan fingerprint density at radius 1 is 1.17 bits per heavy atom. The number of amides is 2. The van der Waals surface area contributed by atoms with Crippen LogP contribution in [-0.2, 0) is 21.9 Å². The van der Waals surface area contributed by atoms with Crippen molar-refractivity contribution in [1.82, 2.24) is 10.2 Å². The summed E-state index contributed by atoms with van der Waals surface area (Å²) in [5.41, 5.74) is 3.00. The van der Waals surface area contributed by atoms with Gasteiger partial charge in [-0.15, -0.1) is 11.8 Å². The van der Waals surface area contributed by atoms with Gasteiger partial charge in [-0.05, 0) is 30.5 Å². The van der Waals surface area contributed by atoms with Crippen molar-refractivity contribution in [3.63, 3.8) is 0 Å². The van der Waals surface area contributed by atoms with Crippen LogP contribution in [0.3, 0.4) is 0 Å². The molecule has 0 heterocycles. The molecule has 2 rings (SSSR count). The summed E-state index contributed by atoms with van der Waals surface area (Å²) in [5.74, 6) is 0.420. The summed E-state index contributed by atoms with van der Waals surface area (Å²) in [6.45, 7) is 4.06. The van der Waals surface area contributed by atoms with E-state index in [0.717, 1.165) is 16.7 Å². The van der Waals surface area contributed by atoms with E-state index in [1.165, 1.54) is 23.9 Å². The molecule has 0 bridgehead atoms. The Bertz CT molecular complexity index is 870. The Kier molecular flexibility index (Phi) is 8.21. The average Bonchev–Trinajstić information content (AvgIpc) is 2.72. The molecule has 0 aliphatic carbocycles. The SMILES string of the molecule is CNC(=O)[C@H](C)N(Cc1ccccc1C)C(=O)CSCc1ccc([N+](=O)[O-])cc1. The Hall–Kier alpha value is -2.87. The van der Waals surface area contributed by atoms with E-state index in [4.69, 9.17) is 0 Å². The molecule has 1 N–H and O–H groups in total. The summed E-state index contributed by atoms with van der Waals surface area (Å²) in [6.07, 6.45) is 0. The third-order valence-corrected chi connectivity index (χ3v) is 5.65.